The molecule has 0 aliphatic heterocycles. The van der Waals surface area contributed by atoms with E-state index in [1.807, 2.05) is 13.8 Å². The van der Waals surface area contributed by atoms with Gasteiger partial charge >= 0.3 is 6.03 Å². The summed E-state index contributed by atoms with van der Waals surface area (Å²) in [4.78, 5) is 11.2. The zero-order chi connectivity index (χ0) is 10.5. The third-order valence-electron chi connectivity index (χ3n) is 2.10. The van der Waals surface area contributed by atoms with E-state index in [4.69, 9.17) is 0 Å². The van der Waals surface area contributed by atoms with E-state index in [1.54, 1.807) is 0 Å². The minimum Gasteiger partial charge on any atom is -0.338 e. The quantitative estimate of drug-likeness (QED) is 0.694. The molecule has 0 unspecified atom stereocenters. The second-order valence-corrected chi connectivity index (χ2v) is 4.50. The molecule has 0 spiro atoms. The fraction of sp³-hybridized carbons (Fsp3) is 0.900. The lowest BCUT2D eigenvalue weighted by Gasteiger charge is -2.23. The number of nitrogens with one attached hydrogen (secondary N) is 2. The summed E-state index contributed by atoms with van der Waals surface area (Å²) in [5.41, 5.74) is 0.189. The van der Waals surface area contributed by atoms with Gasteiger partial charge in [0.05, 0.1) is 0 Å². The molecule has 0 aromatic rings. The van der Waals surface area contributed by atoms with Crippen molar-refractivity contribution in [2.45, 2.75) is 47.1 Å². The van der Waals surface area contributed by atoms with E-state index in [0.29, 0.717) is 0 Å². The predicted octanol–water partition coefficient (Wildman–Crippen LogP) is 2.13. The molecule has 0 saturated heterocycles. The number of hydrogen-bond donors (Lipinski definition) is 2. The average molecular weight is 186 g/mol. The average Bonchev–Trinajstić information content (AvgIpc) is 2.00. The molecule has 2 N–H and O–H groups in total. The van der Waals surface area contributed by atoms with Crippen molar-refractivity contribution in [2.24, 2.45) is 5.41 Å². The van der Waals surface area contributed by atoms with Gasteiger partial charge in [0.2, 0.25) is 0 Å². The summed E-state index contributed by atoms with van der Waals surface area (Å²) < 4.78 is 0. The number of hydrogen-bond acceptors (Lipinski definition) is 1. The van der Waals surface area contributed by atoms with Gasteiger partial charge in [-0.1, -0.05) is 20.8 Å². The van der Waals surface area contributed by atoms with E-state index < -0.39 is 0 Å². The maximum Gasteiger partial charge on any atom is 0.315 e. The Bertz CT molecular complexity index is 164. The first-order chi connectivity index (χ1) is 5.87. The molecule has 2 amide bonds. The van der Waals surface area contributed by atoms with E-state index in [0.717, 1.165) is 13.0 Å². The van der Waals surface area contributed by atoms with Gasteiger partial charge in [0.1, 0.15) is 0 Å². The largest absolute Gasteiger partial charge is 0.338 e. The van der Waals surface area contributed by atoms with E-state index >= 15 is 0 Å². The van der Waals surface area contributed by atoms with Gasteiger partial charge in [-0.3, -0.25) is 0 Å². The molecule has 0 radical (unpaired) electrons. The molecule has 0 aromatic heterocycles. The molecule has 0 atom stereocenters. The van der Waals surface area contributed by atoms with Crippen LogP contribution in [0.5, 0.6) is 0 Å². The molecule has 0 heterocycles. The molecule has 13 heavy (non-hydrogen) atoms. The lowest BCUT2D eigenvalue weighted by atomic mass is 9.90. The first kappa shape index (κ1) is 12.3. The topological polar surface area (TPSA) is 41.1 Å². The van der Waals surface area contributed by atoms with E-state index in [2.05, 4.69) is 31.4 Å². The SMILES string of the molecule is CCC(C)(C)CNC(=O)NC(C)C. The Hall–Kier alpha value is -0.730. The van der Waals surface area contributed by atoms with Gasteiger partial charge in [0, 0.05) is 12.6 Å². The molecule has 0 aliphatic carbocycles. The summed E-state index contributed by atoms with van der Waals surface area (Å²) in [6, 6.07) is 0.126. The molecule has 78 valence electrons. The van der Waals surface area contributed by atoms with Crippen LogP contribution in [0.1, 0.15) is 41.0 Å². The Morgan fingerprint density at radius 1 is 1.38 bits per heavy atom. The molecule has 3 nitrogen and oxygen atoms in total. The number of carbonyl (C=O) groups excluding carboxylic acids is 1. The first-order valence-electron chi connectivity index (χ1n) is 4.92. The van der Waals surface area contributed by atoms with Crippen LogP contribution in [-0.4, -0.2) is 18.6 Å². The number of amides is 2. The Morgan fingerprint density at radius 3 is 2.31 bits per heavy atom. The highest BCUT2D eigenvalue weighted by Crippen LogP contribution is 2.17. The van der Waals surface area contributed by atoms with Crippen LogP contribution in [0.3, 0.4) is 0 Å². The Labute approximate surface area is 81.3 Å². The van der Waals surface area contributed by atoms with E-state index in [-0.39, 0.29) is 17.5 Å². The van der Waals surface area contributed by atoms with Gasteiger partial charge in [-0.2, -0.15) is 0 Å². The van der Waals surface area contributed by atoms with Gasteiger partial charge in [0.25, 0.3) is 0 Å². The lowest BCUT2D eigenvalue weighted by molar-refractivity contribution is 0.230. The Morgan fingerprint density at radius 2 is 1.92 bits per heavy atom. The van der Waals surface area contributed by atoms with Gasteiger partial charge < -0.3 is 10.6 Å². The highest BCUT2D eigenvalue weighted by Gasteiger charge is 2.15. The predicted molar refractivity (Wildman–Crippen MR) is 55.7 cm³/mol. The molecular formula is C10H22N2O. The smallest absolute Gasteiger partial charge is 0.315 e. The van der Waals surface area contributed by atoms with Crippen molar-refractivity contribution in [3.8, 4) is 0 Å². The van der Waals surface area contributed by atoms with Crippen molar-refractivity contribution in [1.82, 2.24) is 10.6 Å². The molecule has 0 aromatic carbocycles. The van der Waals surface area contributed by atoms with Gasteiger partial charge in [-0.05, 0) is 25.7 Å². The molecule has 3 heteroatoms. The Balaban J connectivity index is 3.70. The van der Waals surface area contributed by atoms with Crippen LogP contribution in [0, 0.1) is 5.41 Å². The van der Waals surface area contributed by atoms with Crippen molar-refractivity contribution < 1.29 is 4.79 Å². The number of urea groups is 1. The molecular weight excluding hydrogens is 164 g/mol. The van der Waals surface area contributed by atoms with Crippen molar-refractivity contribution >= 4 is 6.03 Å². The van der Waals surface area contributed by atoms with E-state index in [1.165, 1.54) is 0 Å². The van der Waals surface area contributed by atoms with Crippen LogP contribution in [0.25, 0.3) is 0 Å². The monoisotopic (exact) mass is 186 g/mol. The summed E-state index contributed by atoms with van der Waals surface area (Å²) in [5, 5.41) is 5.64. The van der Waals surface area contributed by atoms with Crippen LogP contribution in [0.15, 0.2) is 0 Å². The second kappa shape index (κ2) is 5.10. The van der Waals surface area contributed by atoms with Crippen molar-refractivity contribution in [3.63, 3.8) is 0 Å². The fourth-order valence-corrected chi connectivity index (χ4v) is 0.758. The van der Waals surface area contributed by atoms with Crippen LogP contribution >= 0.6 is 0 Å². The highest BCUT2D eigenvalue weighted by atomic mass is 16.2. The van der Waals surface area contributed by atoms with Gasteiger partial charge in [-0.15, -0.1) is 0 Å². The lowest BCUT2D eigenvalue weighted by Crippen LogP contribution is -2.43. The van der Waals surface area contributed by atoms with Crippen molar-refractivity contribution in [3.05, 3.63) is 0 Å². The third kappa shape index (κ3) is 6.43. The third-order valence-corrected chi connectivity index (χ3v) is 2.10. The summed E-state index contributed by atoms with van der Waals surface area (Å²) in [7, 11) is 0. The molecule has 0 bridgehead atoms. The van der Waals surface area contributed by atoms with Crippen LogP contribution in [0.4, 0.5) is 4.79 Å². The minimum atomic E-state index is -0.0727. The molecule has 0 rings (SSSR count). The second-order valence-electron chi connectivity index (χ2n) is 4.50. The van der Waals surface area contributed by atoms with Crippen LogP contribution < -0.4 is 10.6 Å². The summed E-state index contributed by atoms with van der Waals surface area (Å²) in [6.07, 6.45) is 1.06. The van der Waals surface area contributed by atoms with Crippen molar-refractivity contribution in [1.29, 1.82) is 0 Å². The maximum absolute atomic E-state index is 11.2. The zero-order valence-corrected chi connectivity index (χ0v) is 9.40. The minimum absolute atomic E-state index is 0.0727. The number of rotatable bonds is 4. The first-order valence-corrected chi connectivity index (χ1v) is 4.92. The Kier molecular flexibility index (Phi) is 4.81. The van der Waals surface area contributed by atoms with Gasteiger partial charge in [0.15, 0.2) is 0 Å². The highest BCUT2D eigenvalue weighted by molar-refractivity contribution is 5.74. The molecule has 0 fully saturated rings. The molecule has 0 saturated carbocycles. The van der Waals surface area contributed by atoms with Crippen molar-refractivity contribution in [2.75, 3.05) is 6.54 Å². The number of carbonyl (C=O) groups is 1. The normalized spacial score (nSPS) is 11.5. The summed E-state index contributed by atoms with van der Waals surface area (Å²) in [5.74, 6) is 0. The van der Waals surface area contributed by atoms with Crippen LogP contribution in [0.2, 0.25) is 0 Å². The van der Waals surface area contributed by atoms with Gasteiger partial charge in [-0.25, -0.2) is 4.79 Å². The zero-order valence-electron chi connectivity index (χ0n) is 9.40. The standard InChI is InChI=1S/C10H22N2O/c1-6-10(4,5)7-11-9(13)12-8(2)3/h8H,6-7H2,1-5H3,(H2,11,12,13). The van der Waals surface area contributed by atoms with Crippen LogP contribution in [-0.2, 0) is 0 Å². The van der Waals surface area contributed by atoms with E-state index in [9.17, 15) is 4.79 Å². The molecule has 0 aliphatic rings. The maximum atomic E-state index is 11.2. The summed E-state index contributed by atoms with van der Waals surface area (Å²) >= 11 is 0. The summed E-state index contributed by atoms with van der Waals surface area (Å²) in [6.45, 7) is 11.0. The fourth-order valence-electron chi connectivity index (χ4n) is 0.758.